The molecule has 0 saturated carbocycles. The van der Waals surface area contributed by atoms with Crippen LogP contribution in [0.5, 0.6) is 0 Å². The van der Waals surface area contributed by atoms with E-state index in [1.165, 1.54) is 18.4 Å². The molecule has 0 atom stereocenters. The van der Waals surface area contributed by atoms with E-state index in [0.717, 1.165) is 54.4 Å². The number of hydrogen-bond acceptors (Lipinski definition) is 4. The van der Waals surface area contributed by atoms with Crippen LogP contribution in [0, 0.1) is 5.92 Å². The Hall–Kier alpha value is -2.14. The van der Waals surface area contributed by atoms with Crippen LogP contribution in [0.15, 0.2) is 24.3 Å². The molecule has 1 aromatic carbocycles. The molecule has 25 heavy (non-hydrogen) atoms. The molecule has 132 valence electrons. The Kier molecular flexibility index (Phi) is 4.34. The van der Waals surface area contributed by atoms with Crippen molar-refractivity contribution in [1.29, 1.82) is 0 Å². The van der Waals surface area contributed by atoms with Crippen LogP contribution in [-0.4, -0.2) is 49.0 Å². The van der Waals surface area contributed by atoms with Gasteiger partial charge in [-0.05, 0) is 44.3 Å². The quantitative estimate of drug-likeness (QED) is 0.935. The van der Waals surface area contributed by atoms with Crippen LogP contribution in [0.3, 0.4) is 0 Å². The molecule has 2 aliphatic heterocycles. The maximum Gasteiger partial charge on any atom is 0.238 e. The first-order valence-electron chi connectivity index (χ1n) is 9.27. The summed E-state index contributed by atoms with van der Waals surface area (Å²) < 4.78 is 0. The minimum absolute atomic E-state index is 0.0858. The summed E-state index contributed by atoms with van der Waals surface area (Å²) in [4.78, 5) is 21.9. The highest BCUT2D eigenvalue weighted by atomic mass is 16.2. The lowest BCUT2D eigenvalue weighted by Gasteiger charge is -2.29. The third-order valence-corrected chi connectivity index (χ3v) is 5.54. The number of benzene rings is 1. The minimum atomic E-state index is 0.0858. The molecule has 0 spiro atoms. The number of likely N-dealkylation sites (N-methyl/N-ethyl adjacent to an activating group) is 1. The maximum absolute atomic E-state index is 12.7. The van der Waals surface area contributed by atoms with E-state index in [9.17, 15) is 4.79 Å². The predicted molar refractivity (Wildman–Crippen MR) is 102 cm³/mol. The second-order valence-electron chi connectivity index (χ2n) is 7.48. The van der Waals surface area contributed by atoms with Crippen molar-refractivity contribution in [3.63, 3.8) is 0 Å². The first-order valence-corrected chi connectivity index (χ1v) is 9.27. The van der Waals surface area contributed by atoms with Crippen molar-refractivity contribution < 1.29 is 4.79 Å². The van der Waals surface area contributed by atoms with Gasteiger partial charge in [0, 0.05) is 24.5 Å². The molecule has 1 amide bonds. The van der Waals surface area contributed by atoms with E-state index in [0.29, 0.717) is 6.54 Å². The normalized spacial score (nSPS) is 18.6. The number of para-hydroxylation sites is 1. The van der Waals surface area contributed by atoms with Crippen LogP contribution >= 0.6 is 0 Å². The molecule has 1 N–H and O–H groups in total. The van der Waals surface area contributed by atoms with Crippen molar-refractivity contribution in [2.24, 2.45) is 5.92 Å². The molecule has 0 radical (unpaired) electrons. The van der Waals surface area contributed by atoms with Gasteiger partial charge in [-0.1, -0.05) is 25.1 Å². The van der Waals surface area contributed by atoms with Gasteiger partial charge in [0.1, 0.15) is 5.82 Å². The second kappa shape index (κ2) is 6.64. The molecule has 1 aromatic heterocycles. The van der Waals surface area contributed by atoms with Gasteiger partial charge in [0.05, 0.1) is 17.7 Å². The summed E-state index contributed by atoms with van der Waals surface area (Å²) in [6.07, 6.45) is 3.30. The summed E-state index contributed by atoms with van der Waals surface area (Å²) in [6, 6.07) is 8.08. The number of nitrogens with one attached hydrogen (secondary N) is 1. The number of likely N-dealkylation sites (tertiary alicyclic amines) is 1. The lowest BCUT2D eigenvalue weighted by molar-refractivity contribution is -0.117. The molecular weight excluding hydrogens is 312 g/mol. The zero-order chi connectivity index (χ0) is 17.4. The van der Waals surface area contributed by atoms with Crippen molar-refractivity contribution in [3.8, 4) is 0 Å². The number of pyridine rings is 1. The van der Waals surface area contributed by atoms with E-state index in [1.54, 1.807) is 0 Å². The fourth-order valence-electron chi connectivity index (χ4n) is 3.92. The van der Waals surface area contributed by atoms with Gasteiger partial charge in [-0.15, -0.1) is 0 Å². The SMILES string of the molecule is CC1CCN(CC(=O)Nc2c3c(nc4ccccc24)N(C)CC3)CC1. The van der Waals surface area contributed by atoms with Crippen molar-refractivity contribution in [2.45, 2.75) is 26.2 Å². The summed E-state index contributed by atoms with van der Waals surface area (Å²) in [7, 11) is 2.06. The average molecular weight is 338 g/mol. The first-order chi connectivity index (χ1) is 12.1. The standard InChI is InChI=1S/C20H26N4O/c1-14-7-11-24(12-8-14)13-18(25)22-19-15-5-3-4-6-17(15)21-20-16(19)9-10-23(20)2/h3-6,14H,7-13H2,1-2H3,(H,21,22,25). The van der Waals surface area contributed by atoms with Crippen LogP contribution in [0.2, 0.25) is 0 Å². The Labute approximate surface area is 149 Å². The third kappa shape index (κ3) is 3.21. The van der Waals surface area contributed by atoms with Gasteiger partial charge in [-0.2, -0.15) is 0 Å². The van der Waals surface area contributed by atoms with E-state index < -0.39 is 0 Å². The average Bonchev–Trinajstić information content (AvgIpc) is 2.98. The lowest BCUT2D eigenvalue weighted by atomic mass is 9.99. The third-order valence-electron chi connectivity index (χ3n) is 5.54. The van der Waals surface area contributed by atoms with Crippen molar-refractivity contribution in [1.82, 2.24) is 9.88 Å². The van der Waals surface area contributed by atoms with E-state index in [2.05, 4.69) is 35.2 Å². The molecule has 5 heteroatoms. The van der Waals surface area contributed by atoms with Crippen LogP contribution in [-0.2, 0) is 11.2 Å². The number of fused-ring (bicyclic) bond motifs is 2. The van der Waals surface area contributed by atoms with Crippen molar-refractivity contribution in [3.05, 3.63) is 29.8 Å². The van der Waals surface area contributed by atoms with Gasteiger partial charge < -0.3 is 10.2 Å². The summed E-state index contributed by atoms with van der Waals surface area (Å²) in [5, 5.41) is 4.26. The van der Waals surface area contributed by atoms with E-state index in [4.69, 9.17) is 4.98 Å². The molecule has 2 aromatic rings. The molecule has 4 rings (SSSR count). The number of anilines is 2. The Bertz CT molecular complexity index is 796. The Balaban J connectivity index is 1.59. The molecule has 0 aliphatic carbocycles. The number of aromatic nitrogens is 1. The minimum Gasteiger partial charge on any atom is -0.359 e. The molecule has 3 heterocycles. The monoisotopic (exact) mass is 338 g/mol. The number of piperidine rings is 1. The smallest absolute Gasteiger partial charge is 0.238 e. The number of carbonyl (C=O) groups excluding carboxylic acids is 1. The summed E-state index contributed by atoms with van der Waals surface area (Å²) in [5.41, 5.74) is 3.07. The van der Waals surface area contributed by atoms with E-state index in [-0.39, 0.29) is 5.91 Å². The summed E-state index contributed by atoms with van der Waals surface area (Å²) in [5.74, 6) is 1.87. The Morgan fingerprint density at radius 3 is 2.80 bits per heavy atom. The maximum atomic E-state index is 12.7. The van der Waals surface area contributed by atoms with Crippen molar-refractivity contribution in [2.75, 3.05) is 43.4 Å². The van der Waals surface area contributed by atoms with Gasteiger partial charge in [0.15, 0.2) is 0 Å². The van der Waals surface area contributed by atoms with Crippen LogP contribution in [0.4, 0.5) is 11.5 Å². The van der Waals surface area contributed by atoms with Crippen LogP contribution in [0.25, 0.3) is 10.9 Å². The van der Waals surface area contributed by atoms with Crippen molar-refractivity contribution >= 4 is 28.3 Å². The number of nitrogens with zero attached hydrogens (tertiary/aromatic N) is 3. The van der Waals surface area contributed by atoms with E-state index in [1.807, 2.05) is 18.2 Å². The summed E-state index contributed by atoms with van der Waals surface area (Å²) >= 11 is 0. The number of rotatable bonds is 3. The highest BCUT2D eigenvalue weighted by Gasteiger charge is 2.25. The molecule has 1 saturated heterocycles. The summed E-state index contributed by atoms with van der Waals surface area (Å²) in [6.45, 7) is 5.76. The van der Waals surface area contributed by atoms with Crippen LogP contribution in [0.1, 0.15) is 25.3 Å². The zero-order valence-corrected chi connectivity index (χ0v) is 15.1. The number of carbonyl (C=O) groups is 1. The molecule has 2 aliphatic rings. The number of hydrogen-bond donors (Lipinski definition) is 1. The fraction of sp³-hybridized carbons (Fsp3) is 0.500. The molecule has 0 unspecified atom stereocenters. The highest BCUT2D eigenvalue weighted by Crippen LogP contribution is 2.36. The van der Waals surface area contributed by atoms with Gasteiger partial charge in [0.25, 0.3) is 0 Å². The topological polar surface area (TPSA) is 48.5 Å². The zero-order valence-electron chi connectivity index (χ0n) is 15.1. The Morgan fingerprint density at radius 2 is 2.00 bits per heavy atom. The molecule has 5 nitrogen and oxygen atoms in total. The lowest BCUT2D eigenvalue weighted by Crippen LogP contribution is -2.38. The van der Waals surface area contributed by atoms with Crippen LogP contribution < -0.4 is 10.2 Å². The molecule has 1 fully saturated rings. The molecule has 0 bridgehead atoms. The van der Waals surface area contributed by atoms with Gasteiger partial charge in [0.2, 0.25) is 5.91 Å². The predicted octanol–water partition coefficient (Wildman–Crippen LogP) is 2.90. The second-order valence-corrected chi connectivity index (χ2v) is 7.48. The fourth-order valence-corrected chi connectivity index (χ4v) is 3.92. The van der Waals surface area contributed by atoms with Gasteiger partial charge >= 0.3 is 0 Å². The largest absolute Gasteiger partial charge is 0.359 e. The Morgan fingerprint density at radius 1 is 1.24 bits per heavy atom. The van der Waals surface area contributed by atoms with E-state index >= 15 is 0 Å². The molecular formula is C20H26N4O. The van der Waals surface area contributed by atoms with Gasteiger partial charge in [-0.3, -0.25) is 9.69 Å². The first kappa shape index (κ1) is 16.3. The highest BCUT2D eigenvalue weighted by molar-refractivity contribution is 6.04. The number of amides is 1. The van der Waals surface area contributed by atoms with Gasteiger partial charge in [-0.25, -0.2) is 4.98 Å².